The molecule has 0 aliphatic heterocycles. The minimum atomic E-state index is -0.300. The highest BCUT2D eigenvalue weighted by Gasteiger charge is 2.21. The molecular weight excluding hydrogens is 371 g/mol. The fraction of sp³-hybridized carbons (Fsp3) is 0.278. The number of thioether (sulfide) groups is 1. The average Bonchev–Trinajstić information content (AvgIpc) is 3.29. The van der Waals surface area contributed by atoms with Gasteiger partial charge in [0.05, 0.1) is 16.7 Å². The molecule has 8 heteroatoms. The summed E-state index contributed by atoms with van der Waals surface area (Å²) in [5, 5.41) is 11.1. The summed E-state index contributed by atoms with van der Waals surface area (Å²) in [6.45, 7) is 2.02. The van der Waals surface area contributed by atoms with Crippen molar-refractivity contribution in [1.82, 2.24) is 19.7 Å². The molecule has 2 aromatic heterocycles. The maximum Gasteiger partial charge on any atom is 0.196 e. The van der Waals surface area contributed by atoms with Gasteiger partial charge in [0.2, 0.25) is 0 Å². The molecule has 0 aliphatic carbocycles. The molecule has 26 heavy (non-hydrogen) atoms. The van der Waals surface area contributed by atoms with Gasteiger partial charge < -0.3 is 0 Å². The van der Waals surface area contributed by atoms with E-state index in [9.17, 15) is 9.18 Å². The highest BCUT2D eigenvalue weighted by molar-refractivity contribution is 7.99. The lowest BCUT2D eigenvalue weighted by Gasteiger charge is -2.20. The molecule has 3 aromatic rings. The number of nitrogens with zero attached hydrogens (tertiary/aromatic N) is 4. The molecule has 0 saturated carbocycles. The van der Waals surface area contributed by atoms with E-state index in [0.29, 0.717) is 5.16 Å². The smallest absolute Gasteiger partial charge is 0.196 e. The van der Waals surface area contributed by atoms with Crippen LogP contribution >= 0.6 is 23.1 Å². The van der Waals surface area contributed by atoms with Crippen molar-refractivity contribution in [2.24, 2.45) is 0 Å². The van der Waals surface area contributed by atoms with Crippen molar-refractivity contribution in [2.75, 3.05) is 19.8 Å². The Balaban J connectivity index is 1.91. The third-order valence-electron chi connectivity index (χ3n) is 4.02. The lowest BCUT2D eigenvalue weighted by atomic mass is 10.2. The monoisotopic (exact) mass is 390 g/mol. The van der Waals surface area contributed by atoms with Gasteiger partial charge in [0.25, 0.3) is 0 Å². The molecule has 0 amide bonds. The molecule has 0 unspecified atom stereocenters. The normalized spacial score (nSPS) is 12.5. The topological polar surface area (TPSA) is 51.0 Å². The van der Waals surface area contributed by atoms with Crippen molar-refractivity contribution in [2.45, 2.75) is 18.1 Å². The molecular formula is C18H19FN4OS2. The fourth-order valence-electron chi connectivity index (χ4n) is 2.35. The Morgan fingerprint density at radius 1 is 1.27 bits per heavy atom. The molecule has 0 bridgehead atoms. The maximum atomic E-state index is 13.3. The zero-order chi connectivity index (χ0) is 18.7. The van der Waals surface area contributed by atoms with Gasteiger partial charge in [0, 0.05) is 5.69 Å². The second-order valence-electron chi connectivity index (χ2n) is 5.98. The van der Waals surface area contributed by atoms with E-state index in [2.05, 4.69) is 10.2 Å². The molecule has 2 heterocycles. The first-order valence-corrected chi connectivity index (χ1v) is 9.91. The van der Waals surface area contributed by atoms with Gasteiger partial charge in [-0.25, -0.2) is 4.39 Å². The molecule has 3 rings (SSSR count). The van der Waals surface area contributed by atoms with Crippen LogP contribution < -0.4 is 0 Å². The van der Waals surface area contributed by atoms with E-state index in [1.807, 2.05) is 48.0 Å². The Kier molecular flexibility index (Phi) is 5.85. The van der Waals surface area contributed by atoms with E-state index < -0.39 is 0 Å². The second kappa shape index (κ2) is 8.11. The molecule has 5 nitrogen and oxygen atoms in total. The van der Waals surface area contributed by atoms with Gasteiger partial charge in [0.1, 0.15) is 5.82 Å². The standard InChI is InChI=1S/C18H19FN4OS2/c1-12(22(2)3)17-20-21-18(23(17)14-8-6-13(19)7-9-14)26-11-15(24)16-5-4-10-25-16/h4-10,12H,11H2,1-3H3/t12-/m1/s1. The number of ketones is 1. The Hall–Kier alpha value is -2.03. The number of hydrogen-bond acceptors (Lipinski definition) is 6. The van der Waals surface area contributed by atoms with Crippen molar-refractivity contribution < 1.29 is 9.18 Å². The summed E-state index contributed by atoms with van der Waals surface area (Å²) in [6, 6.07) is 9.88. The van der Waals surface area contributed by atoms with Gasteiger partial charge in [-0.2, -0.15) is 0 Å². The number of thiophene rings is 1. The van der Waals surface area contributed by atoms with E-state index in [0.717, 1.165) is 16.4 Å². The molecule has 136 valence electrons. The van der Waals surface area contributed by atoms with Crippen molar-refractivity contribution in [1.29, 1.82) is 0 Å². The number of halogens is 1. The van der Waals surface area contributed by atoms with Crippen LogP contribution in [0.3, 0.4) is 0 Å². The molecule has 0 spiro atoms. The number of carbonyl (C=O) groups excluding carboxylic acids is 1. The van der Waals surface area contributed by atoms with Crippen LogP contribution in [0.25, 0.3) is 5.69 Å². The largest absolute Gasteiger partial charge is 0.300 e. The van der Waals surface area contributed by atoms with E-state index in [4.69, 9.17) is 0 Å². The predicted molar refractivity (Wildman–Crippen MR) is 103 cm³/mol. The summed E-state index contributed by atoms with van der Waals surface area (Å²) in [5.74, 6) is 0.774. The molecule has 0 saturated heterocycles. The molecule has 1 aromatic carbocycles. The van der Waals surface area contributed by atoms with Gasteiger partial charge in [-0.1, -0.05) is 17.8 Å². The number of carbonyl (C=O) groups is 1. The van der Waals surface area contributed by atoms with Crippen LogP contribution in [-0.4, -0.2) is 45.3 Å². The lowest BCUT2D eigenvalue weighted by Crippen LogP contribution is -2.20. The van der Waals surface area contributed by atoms with E-state index in [1.54, 1.807) is 12.1 Å². The van der Waals surface area contributed by atoms with E-state index in [-0.39, 0.29) is 23.4 Å². The van der Waals surface area contributed by atoms with Crippen LogP contribution in [0.15, 0.2) is 46.9 Å². The summed E-state index contributed by atoms with van der Waals surface area (Å²) in [5.41, 5.74) is 0.770. The first kappa shape index (κ1) is 18.8. The quantitative estimate of drug-likeness (QED) is 0.450. The minimum absolute atomic E-state index is 0.00917. The maximum absolute atomic E-state index is 13.3. The minimum Gasteiger partial charge on any atom is -0.300 e. The van der Waals surface area contributed by atoms with Crippen LogP contribution in [0.2, 0.25) is 0 Å². The Bertz CT molecular complexity index is 875. The number of benzene rings is 1. The van der Waals surface area contributed by atoms with Crippen LogP contribution in [0.4, 0.5) is 4.39 Å². The van der Waals surface area contributed by atoms with E-state index in [1.165, 1.54) is 35.2 Å². The number of Topliss-reactive ketones (excluding diaryl/α,β-unsaturated/α-hetero) is 1. The molecule has 0 radical (unpaired) electrons. The SMILES string of the molecule is C[C@H](c1nnc(SCC(=O)c2cccs2)n1-c1ccc(F)cc1)N(C)C. The highest BCUT2D eigenvalue weighted by atomic mass is 32.2. The third kappa shape index (κ3) is 4.03. The molecule has 1 atom stereocenters. The number of aromatic nitrogens is 3. The van der Waals surface area contributed by atoms with Crippen molar-refractivity contribution in [3.63, 3.8) is 0 Å². The van der Waals surface area contributed by atoms with Crippen LogP contribution in [0.5, 0.6) is 0 Å². The van der Waals surface area contributed by atoms with Crippen LogP contribution in [-0.2, 0) is 0 Å². The molecule has 0 aliphatic rings. The van der Waals surface area contributed by atoms with Gasteiger partial charge in [-0.15, -0.1) is 21.5 Å². The number of rotatable bonds is 7. The average molecular weight is 391 g/mol. The Labute approximate surface area is 159 Å². The Morgan fingerprint density at radius 2 is 2.00 bits per heavy atom. The lowest BCUT2D eigenvalue weighted by molar-refractivity contribution is 0.102. The summed E-state index contributed by atoms with van der Waals surface area (Å²) in [4.78, 5) is 15.0. The van der Waals surface area contributed by atoms with Gasteiger partial charge in [-0.3, -0.25) is 14.3 Å². The van der Waals surface area contributed by atoms with Crippen LogP contribution in [0.1, 0.15) is 28.5 Å². The molecule has 0 N–H and O–H groups in total. The Morgan fingerprint density at radius 3 is 2.62 bits per heavy atom. The van der Waals surface area contributed by atoms with Gasteiger partial charge in [-0.05, 0) is 56.7 Å². The summed E-state index contributed by atoms with van der Waals surface area (Å²) in [6.07, 6.45) is 0. The zero-order valence-corrected chi connectivity index (χ0v) is 16.4. The summed E-state index contributed by atoms with van der Waals surface area (Å²) < 4.78 is 15.2. The van der Waals surface area contributed by atoms with Crippen molar-refractivity contribution >= 4 is 28.9 Å². The van der Waals surface area contributed by atoms with Crippen LogP contribution in [0, 0.1) is 5.82 Å². The van der Waals surface area contributed by atoms with Crippen molar-refractivity contribution in [3.05, 3.63) is 58.3 Å². The second-order valence-corrected chi connectivity index (χ2v) is 7.87. The van der Waals surface area contributed by atoms with E-state index >= 15 is 0 Å². The first-order valence-electron chi connectivity index (χ1n) is 8.04. The first-order chi connectivity index (χ1) is 12.5. The predicted octanol–water partition coefficient (Wildman–Crippen LogP) is 4.07. The summed E-state index contributed by atoms with van der Waals surface area (Å²) >= 11 is 2.76. The summed E-state index contributed by atoms with van der Waals surface area (Å²) in [7, 11) is 3.92. The third-order valence-corrected chi connectivity index (χ3v) is 5.86. The zero-order valence-electron chi connectivity index (χ0n) is 14.7. The van der Waals surface area contributed by atoms with Crippen molar-refractivity contribution in [3.8, 4) is 5.69 Å². The molecule has 0 fully saturated rings. The highest BCUT2D eigenvalue weighted by Crippen LogP contribution is 2.27. The fourth-order valence-corrected chi connectivity index (χ4v) is 3.95. The number of hydrogen-bond donors (Lipinski definition) is 0. The van der Waals surface area contributed by atoms with Gasteiger partial charge in [0.15, 0.2) is 16.8 Å². The van der Waals surface area contributed by atoms with Gasteiger partial charge >= 0.3 is 0 Å².